The first-order valence-electron chi connectivity index (χ1n) is 9.53. The lowest BCUT2D eigenvalue weighted by Crippen LogP contribution is -2.35. The largest absolute Gasteiger partial charge is 0.486 e. The molecule has 2 aliphatic heterocycles. The fourth-order valence-electron chi connectivity index (χ4n) is 3.85. The molecule has 2 aromatic rings. The summed E-state index contributed by atoms with van der Waals surface area (Å²) in [6.07, 6.45) is -5.96. The summed E-state index contributed by atoms with van der Waals surface area (Å²) in [4.78, 5) is 5.45. The fraction of sp³-hybridized carbons (Fsp3) is 0.333. The number of rotatable bonds is 4. The molecule has 0 saturated carbocycles. The first-order valence-corrected chi connectivity index (χ1v) is 11.0. The molecule has 0 amide bonds. The monoisotopic (exact) mass is 481 g/mol. The van der Waals surface area contributed by atoms with Crippen LogP contribution in [0.25, 0.3) is 9.69 Å². The first kappa shape index (κ1) is 23.0. The number of sulfonamides is 1. The van der Waals surface area contributed by atoms with Crippen molar-refractivity contribution in [1.82, 2.24) is 4.31 Å². The van der Waals surface area contributed by atoms with Crippen LogP contribution in [0.5, 0.6) is 5.75 Å². The predicted octanol–water partition coefficient (Wildman–Crippen LogP) is 4.56. The molecule has 7 nitrogen and oxygen atoms in total. The molecule has 0 aromatic heterocycles. The summed E-state index contributed by atoms with van der Waals surface area (Å²) in [7, 11) is -4.36. The Bertz CT molecular complexity index is 1320. The second-order valence-electron chi connectivity index (χ2n) is 7.64. The van der Waals surface area contributed by atoms with Crippen molar-refractivity contribution in [3.05, 3.63) is 70.6 Å². The molecule has 2 heterocycles. The van der Waals surface area contributed by atoms with Gasteiger partial charge in [0, 0.05) is 18.2 Å². The maximum atomic E-state index is 14.0. The summed E-state index contributed by atoms with van der Waals surface area (Å²) in [5, 5.41) is 0. The van der Waals surface area contributed by atoms with Gasteiger partial charge in [-0.15, -0.1) is 0 Å². The molecule has 0 N–H and O–H groups in total. The molecular weight excluding hydrogens is 466 g/mol. The van der Waals surface area contributed by atoms with Crippen molar-refractivity contribution in [3.8, 4) is 5.75 Å². The van der Waals surface area contributed by atoms with Gasteiger partial charge in [0.25, 0.3) is 0 Å². The lowest BCUT2D eigenvalue weighted by Gasteiger charge is -2.19. The zero-order chi connectivity index (χ0) is 24.2. The minimum atomic E-state index is -4.73. The number of alkyl halides is 3. The Balaban J connectivity index is 1.64. The van der Waals surface area contributed by atoms with E-state index in [2.05, 4.69) is 9.69 Å². The number of nitrogens with zero attached hydrogens (tertiary/aromatic N) is 3. The molecule has 172 valence electrons. The molecule has 0 aliphatic carbocycles. The average Bonchev–Trinajstić information content (AvgIpc) is 3.25. The minimum absolute atomic E-state index is 0.0719. The van der Waals surface area contributed by atoms with Gasteiger partial charge in [0.2, 0.25) is 21.4 Å². The van der Waals surface area contributed by atoms with E-state index in [4.69, 9.17) is 22.6 Å². The molecule has 33 heavy (non-hydrogen) atoms. The highest BCUT2D eigenvalue weighted by Gasteiger charge is 2.66. The summed E-state index contributed by atoms with van der Waals surface area (Å²) in [6, 6.07) is 5.49. The van der Waals surface area contributed by atoms with Crippen molar-refractivity contribution in [2.45, 2.75) is 35.8 Å². The Kier molecular flexibility index (Phi) is 5.36. The van der Waals surface area contributed by atoms with Crippen molar-refractivity contribution in [3.63, 3.8) is 0 Å². The summed E-state index contributed by atoms with van der Waals surface area (Å²) >= 11 is 0. The Morgan fingerprint density at radius 2 is 1.82 bits per heavy atom. The zero-order valence-corrected chi connectivity index (χ0v) is 17.7. The molecule has 2 aliphatic rings. The van der Waals surface area contributed by atoms with E-state index in [0.29, 0.717) is 12.1 Å². The third-order valence-electron chi connectivity index (χ3n) is 5.71. The van der Waals surface area contributed by atoms with E-state index in [0.717, 1.165) is 16.4 Å². The molecule has 0 unspecified atom stereocenters. The van der Waals surface area contributed by atoms with Gasteiger partial charge >= 0.3 is 6.18 Å². The van der Waals surface area contributed by atoms with Gasteiger partial charge in [-0.05, 0) is 25.1 Å². The Hall–Kier alpha value is -3.19. The van der Waals surface area contributed by atoms with Crippen LogP contribution < -0.4 is 4.74 Å². The third kappa shape index (κ3) is 3.91. The van der Waals surface area contributed by atoms with Crippen LogP contribution in [0.15, 0.2) is 41.3 Å². The van der Waals surface area contributed by atoms with Crippen LogP contribution in [0.4, 0.5) is 28.9 Å². The predicted molar refractivity (Wildman–Crippen MR) is 107 cm³/mol. The summed E-state index contributed by atoms with van der Waals surface area (Å²) in [5.74, 6) is -0.724. The Morgan fingerprint density at radius 1 is 1.15 bits per heavy atom. The van der Waals surface area contributed by atoms with Crippen LogP contribution in [0.1, 0.15) is 12.5 Å². The van der Waals surface area contributed by atoms with Crippen molar-refractivity contribution in [2.24, 2.45) is 0 Å². The second kappa shape index (κ2) is 7.70. The van der Waals surface area contributed by atoms with Crippen LogP contribution in [0, 0.1) is 19.0 Å². The normalized spacial score (nSPS) is 24.9. The minimum Gasteiger partial charge on any atom is -0.486 e. The number of epoxide rings is 1. The number of benzene rings is 2. The van der Waals surface area contributed by atoms with E-state index in [1.54, 1.807) is 6.92 Å². The highest BCUT2D eigenvalue weighted by molar-refractivity contribution is 7.89. The maximum Gasteiger partial charge on any atom is 0.415 e. The van der Waals surface area contributed by atoms with Gasteiger partial charge in [-0.1, -0.05) is 12.1 Å². The van der Waals surface area contributed by atoms with Crippen LogP contribution in [-0.4, -0.2) is 43.6 Å². The maximum absolute atomic E-state index is 14.0. The third-order valence-corrected chi connectivity index (χ3v) is 7.57. The van der Waals surface area contributed by atoms with E-state index < -0.39 is 49.9 Å². The van der Waals surface area contributed by atoms with Gasteiger partial charge in [0.1, 0.15) is 23.3 Å². The Morgan fingerprint density at radius 3 is 2.36 bits per heavy atom. The van der Waals surface area contributed by atoms with E-state index in [9.17, 15) is 26.0 Å². The number of hydrogen-bond acceptors (Lipinski definition) is 4. The molecule has 2 fully saturated rings. The van der Waals surface area contributed by atoms with E-state index in [-0.39, 0.29) is 30.6 Å². The molecule has 12 heteroatoms. The van der Waals surface area contributed by atoms with Gasteiger partial charge in [-0.3, -0.25) is 0 Å². The smallest absolute Gasteiger partial charge is 0.415 e. The fourth-order valence-corrected chi connectivity index (χ4v) is 5.44. The molecule has 0 bridgehead atoms. The zero-order valence-electron chi connectivity index (χ0n) is 16.9. The van der Waals surface area contributed by atoms with Gasteiger partial charge < -0.3 is 9.47 Å². The van der Waals surface area contributed by atoms with Crippen molar-refractivity contribution in [2.75, 3.05) is 13.1 Å². The van der Waals surface area contributed by atoms with Gasteiger partial charge in [0.05, 0.1) is 30.7 Å². The van der Waals surface area contributed by atoms with Crippen molar-refractivity contribution >= 4 is 21.4 Å². The molecule has 2 saturated heterocycles. The van der Waals surface area contributed by atoms with Crippen LogP contribution in [0.3, 0.4) is 0 Å². The lowest BCUT2D eigenvalue weighted by molar-refractivity contribution is -0.137. The highest BCUT2D eigenvalue weighted by Crippen LogP contribution is 2.48. The SMILES string of the molecule is [C-]#[N+]c1ccc(O[C@H]2CN(S(=O)(=O)c3ccc(C(F)(F)F)cc3[N+]#[C-])C[C@@]23O[C@@H]3C)cc1F. The average molecular weight is 481 g/mol. The second-order valence-corrected chi connectivity index (χ2v) is 9.54. The standard InChI is InChI=1S/C21H15F4N3O4S/c1-12-20(32-12)11-28(10-19(20)31-14-5-6-16(26-2)15(22)9-14)33(29,30)18-7-4-13(21(23,24)25)8-17(18)27-3/h4-9,12,19H,10-11H2,1H3/t12-,19+,20+/m1/s1. The molecule has 1 spiro atoms. The van der Waals surface area contributed by atoms with Gasteiger partial charge in [-0.25, -0.2) is 22.5 Å². The van der Waals surface area contributed by atoms with Crippen LogP contribution >= 0.6 is 0 Å². The molecule has 0 radical (unpaired) electrons. The Labute approximate surface area is 186 Å². The lowest BCUT2D eigenvalue weighted by atomic mass is 10.0. The first-order chi connectivity index (χ1) is 15.4. The van der Waals surface area contributed by atoms with Crippen molar-refractivity contribution < 1.29 is 35.5 Å². The molecule has 3 atom stereocenters. The van der Waals surface area contributed by atoms with E-state index >= 15 is 0 Å². The summed E-state index contributed by atoms with van der Waals surface area (Å²) < 4.78 is 91.8. The molecular formula is C21H15F4N3O4S. The number of hydrogen-bond donors (Lipinski definition) is 0. The van der Waals surface area contributed by atoms with E-state index in [1.165, 1.54) is 12.1 Å². The van der Waals surface area contributed by atoms with Crippen molar-refractivity contribution in [1.29, 1.82) is 0 Å². The van der Waals surface area contributed by atoms with E-state index in [1.807, 2.05) is 0 Å². The number of ether oxygens (including phenoxy) is 2. The summed E-state index contributed by atoms with van der Waals surface area (Å²) in [5.41, 5.74) is -3.00. The summed E-state index contributed by atoms with van der Waals surface area (Å²) in [6.45, 7) is 15.4. The molecule has 2 aromatic carbocycles. The number of halogens is 4. The van der Waals surface area contributed by atoms with Gasteiger partial charge in [-0.2, -0.15) is 17.5 Å². The van der Waals surface area contributed by atoms with Crippen LogP contribution in [-0.2, 0) is 20.9 Å². The topological polar surface area (TPSA) is 67.9 Å². The molecule has 4 rings (SSSR count). The van der Waals surface area contributed by atoms with Crippen LogP contribution in [0.2, 0.25) is 0 Å². The quantitative estimate of drug-likeness (QED) is 0.365. The highest BCUT2D eigenvalue weighted by atomic mass is 32.2. The van der Waals surface area contributed by atoms with Gasteiger partial charge in [0.15, 0.2) is 0 Å².